The second-order valence-electron chi connectivity index (χ2n) is 5.30. The van der Waals surface area contributed by atoms with Crippen molar-refractivity contribution >= 4 is 29.7 Å². The van der Waals surface area contributed by atoms with Crippen LogP contribution in [0, 0.1) is 0 Å². The van der Waals surface area contributed by atoms with Crippen LogP contribution in [-0.2, 0) is 28.6 Å². The van der Waals surface area contributed by atoms with E-state index in [0.29, 0.717) is 11.5 Å². The van der Waals surface area contributed by atoms with Crippen molar-refractivity contribution in [3.63, 3.8) is 0 Å². The Morgan fingerprint density at radius 3 is 2.24 bits per heavy atom. The minimum atomic E-state index is -0.965. The molecule has 9 heteroatoms. The molecule has 0 radical (unpaired) electrons. The summed E-state index contributed by atoms with van der Waals surface area (Å²) < 4.78 is 21.7. The molecule has 1 aromatic rings. The average molecular weight is 369 g/mol. The Kier molecular flexibility index (Phi) is 6.63. The number of rotatable bonds is 5. The fraction of sp³-hybridized carbons (Fsp3) is 0.500. The number of esters is 3. The molecule has 136 valence electrons. The normalized spacial score (nSPS) is 25.6. The van der Waals surface area contributed by atoms with Crippen molar-refractivity contribution in [1.82, 2.24) is 4.98 Å². The van der Waals surface area contributed by atoms with Gasteiger partial charge < -0.3 is 18.9 Å². The highest BCUT2D eigenvalue weighted by Gasteiger charge is 2.47. The minimum Gasteiger partial charge on any atom is -0.474 e. The first-order valence-corrected chi connectivity index (χ1v) is 8.61. The Balaban J connectivity index is 2.25. The number of nitrogens with zero attached hydrogens (tertiary/aromatic N) is 1. The van der Waals surface area contributed by atoms with E-state index < -0.39 is 41.7 Å². The molecule has 0 aromatic carbocycles. The first kappa shape index (κ1) is 19.0. The number of hydrogen-bond acceptors (Lipinski definition) is 9. The van der Waals surface area contributed by atoms with Crippen LogP contribution >= 0.6 is 11.8 Å². The molecule has 25 heavy (non-hydrogen) atoms. The third-order valence-electron chi connectivity index (χ3n) is 3.19. The van der Waals surface area contributed by atoms with Crippen molar-refractivity contribution in [2.45, 2.75) is 44.5 Å². The van der Waals surface area contributed by atoms with E-state index in [1.54, 1.807) is 18.3 Å². The maximum atomic E-state index is 11.5. The summed E-state index contributed by atoms with van der Waals surface area (Å²) in [6, 6.07) is 3.41. The topological polar surface area (TPSA) is 101 Å². The predicted molar refractivity (Wildman–Crippen MR) is 87.8 cm³/mol. The Bertz CT molecular complexity index is 624. The van der Waals surface area contributed by atoms with E-state index in [-0.39, 0.29) is 0 Å². The third-order valence-corrected chi connectivity index (χ3v) is 4.41. The van der Waals surface area contributed by atoms with Gasteiger partial charge in [0.1, 0.15) is 5.75 Å². The van der Waals surface area contributed by atoms with Crippen LogP contribution in [0.2, 0.25) is 0 Å². The van der Waals surface area contributed by atoms with Gasteiger partial charge in [-0.1, -0.05) is 0 Å². The van der Waals surface area contributed by atoms with Gasteiger partial charge in [0.05, 0.1) is 6.20 Å². The van der Waals surface area contributed by atoms with E-state index in [1.807, 2.05) is 0 Å². The van der Waals surface area contributed by atoms with Crippen LogP contribution in [0.4, 0.5) is 0 Å². The Hall–Kier alpha value is -2.29. The van der Waals surface area contributed by atoms with E-state index in [9.17, 15) is 14.4 Å². The van der Waals surface area contributed by atoms with Crippen LogP contribution in [0.25, 0.3) is 0 Å². The lowest BCUT2D eigenvalue weighted by Crippen LogP contribution is -2.55. The van der Waals surface area contributed by atoms with Crippen LogP contribution in [0.15, 0.2) is 24.5 Å². The lowest BCUT2D eigenvalue weighted by atomic mass is 10.1. The number of aromatic nitrogens is 1. The van der Waals surface area contributed by atoms with Crippen LogP contribution in [0.3, 0.4) is 0 Å². The molecule has 1 saturated heterocycles. The highest BCUT2D eigenvalue weighted by molar-refractivity contribution is 7.99. The standard InChI is InChI=1S/C16H19NO7S/c1-9(18)21-13-8-25-16(24-12-5-4-6-17-7-12)15(23-11(3)20)14(13)22-10(2)19/h4-7,13-16H,8H2,1-3H3/t13-,14+,15-,16?/m1/s1. The fourth-order valence-corrected chi connectivity index (χ4v) is 3.58. The van der Waals surface area contributed by atoms with Gasteiger partial charge in [-0.25, -0.2) is 0 Å². The van der Waals surface area contributed by atoms with Crippen LogP contribution in [0.5, 0.6) is 5.75 Å². The molecule has 1 fully saturated rings. The summed E-state index contributed by atoms with van der Waals surface area (Å²) in [5.41, 5.74) is -0.649. The maximum Gasteiger partial charge on any atom is 0.303 e. The number of carbonyl (C=O) groups excluding carboxylic acids is 3. The van der Waals surface area contributed by atoms with Crippen LogP contribution in [0.1, 0.15) is 20.8 Å². The van der Waals surface area contributed by atoms with E-state index in [0.717, 1.165) is 0 Å². The number of hydrogen-bond donors (Lipinski definition) is 0. The number of thioether (sulfide) groups is 1. The van der Waals surface area contributed by atoms with Crippen molar-refractivity contribution in [2.75, 3.05) is 5.75 Å². The second kappa shape index (κ2) is 8.70. The zero-order valence-corrected chi connectivity index (χ0v) is 14.9. The van der Waals surface area contributed by atoms with Gasteiger partial charge in [0, 0.05) is 32.7 Å². The summed E-state index contributed by atoms with van der Waals surface area (Å²) in [5.74, 6) is -0.863. The molecule has 0 bridgehead atoms. The second-order valence-corrected chi connectivity index (χ2v) is 6.44. The number of pyridine rings is 1. The molecule has 2 rings (SSSR count). The molecular weight excluding hydrogens is 350 g/mol. The summed E-state index contributed by atoms with van der Waals surface area (Å²) >= 11 is 1.29. The van der Waals surface area contributed by atoms with Crippen molar-refractivity contribution in [3.8, 4) is 5.75 Å². The zero-order valence-electron chi connectivity index (χ0n) is 14.0. The van der Waals surface area contributed by atoms with E-state index >= 15 is 0 Å². The van der Waals surface area contributed by atoms with E-state index in [1.165, 1.54) is 38.7 Å². The van der Waals surface area contributed by atoms with E-state index in [2.05, 4.69) is 4.98 Å². The van der Waals surface area contributed by atoms with Gasteiger partial charge >= 0.3 is 17.9 Å². The third kappa shape index (κ3) is 5.63. The van der Waals surface area contributed by atoms with Crippen molar-refractivity contribution < 1.29 is 33.3 Å². The fourth-order valence-electron chi connectivity index (χ4n) is 2.36. The molecule has 2 heterocycles. The summed E-state index contributed by atoms with van der Waals surface area (Å²) in [7, 11) is 0. The van der Waals surface area contributed by atoms with Gasteiger partial charge in [0.2, 0.25) is 0 Å². The monoisotopic (exact) mass is 369 g/mol. The SMILES string of the molecule is CC(=O)O[C@H]1[C@H](OC(C)=O)CSC(Oc2cccnc2)[C@@H]1OC(C)=O. The lowest BCUT2D eigenvalue weighted by molar-refractivity contribution is -0.186. The first-order chi connectivity index (χ1) is 11.9. The summed E-state index contributed by atoms with van der Waals surface area (Å²) in [6.45, 7) is 3.73. The smallest absolute Gasteiger partial charge is 0.303 e. The molecule has 0 spiro atoms. The van der Waals surface area contributed by atoms with Crippen LogP contribution < -0.4 is 4.74 Å². The molecule has 1 unspecified atom stereocenters. The molecule has 4 atom stereocenters. The molecule has 0 aliphatic carbocycles. The predicted octanol–water partition coefficient (Wildman–Crippen LogP) is 1.33. The van der Waals surface area contributed by atoms with Gasteiger partial charge in [0.25, 0.3) is 0 Å². The highest BCUT2D eigenvalue weighted by atomic mass is 32.2. The number of ether oxygens (including phenoxy) is 4. The van der Waals surface area contributed by atoms with Gasteiger partial charge in [0.15, 0.2) is 23.7 Å². The molecule has 1 aliphatic heterocycles. The maximum absolute atomic E-state index is 11.5. The molecule has 0 amide bonds. The molecule has 8 nitrogen and oxygen atoms in total. The molecule has 1 aliphatic rings. The van der Waals surface area contributed by atoms with Crippen LogP contribution in [-0.4, -0.2) is 52.4 Å². The largest absolute Gasteiger partial charge is 0.474 e. The van der Waals surface area contributed by atoms with Gasteiger partial charge in [-0.3, -0.25) is 19.4 Å². The van der Waals surface area contributed by atoms with Crippen molar-refractivity contribution in [2.24, 2.45) is 0 Å². The average Bonchev–Trinajstić information content (AvgIpc) is 2.52. The van der Waals surface area contributed by atoms with Crippen molar-refractivity contribution in [1.29, 1.82) is 0 Å². The first-order valence-electron chi connectivity index (χ1n) is 7.56. The quantitative estimate of drug-likeness (QED) is 0.562. The zero-order chi connectivity index (χ0) is 18.4. The Labute approximate surface area is 149 Å². The minimum absolute atomic E-state index is 0.320. The number of carbonyl (C=O) groups is 3. The highest BCUT2D eigenvalue weighted by Crippen LogP contribution is 2.34. The van der Waals surface area contributed by atoms with Crippen molar-refractivity contribution in [3.05, 3.63) is 24.5 Å². The molecular formula is C16H19NO7S. The Morgan fingerprint density at radius 2 is 1.68 bits per heavy atom. The molecule has 1 aromatic heterocycles. The van der Waals surface area contributed by atoms with Gasteiger partial charge in [-0.05, 0) is 12.1 Å². The van der Waals surface area contributed by atoms with E-state index in [4.69, 9.17) is 18.9 Å². The summed E-state index contributed by atoms with van der Waals surface area (Å²) in [5, 5.41) is 0. The Morgan fingerprint density at radius 1 is 1.04 bits per heavy atom. The molecule has 0 saturated carbocycles. The summed E-state index contributed by atoms with van der Waals surface area (Å²) in [6.07, 6.45) is 0.468. The lowest BCUT2D eigenvalue weighted by Gasteiger charge is -2.39. The molecule has 0 N–H and O–H groups in total. The van der Waals surface area contributed by atoms with Gasteiger partial charge in [-0.2, -0.15) is 0 Å². The summed E-state index contributed by atoms with van der Waals surface area (Å²) in [4.78, 5) is 38.3. The van der Waals surface area contributed by atoms with Gasteiger partial charge in [-0.15, -0.1) is 11.8 Å².